The summed E-state index contributed by atoms with van der Waals surface area (Å²) < 4.78 is 35.8. The number of sulfonamides is 1. The van der Waals surface area contributed by atoms with Crippen LogP contribution in [-0.4, -0.2) is 89.7 Å². The average molecular weight is 537 g/mol. The van der Waals surface area contributed by atoms with Crippen LogP contribution in [-0.2, 0) is 17.1 Å². The highest BCUT2D eigenvalue weighted by molar-refractivity contribution is 7.92. The quantitative estimate of drug-likeness (QED) is 0.463. The van der Waals surface area contributed by atoms with E-state index in [1.807, 2.05) is 20.8 Å². The predicted molar refractivity (Wildman–Crippen MR) is 138 cm³/mol. The minimum Gasteiger partial charge on any atom is -0.487 e. The number of amides is 3. The first-order valence-corrected chi connectivity index (χ1v) is 13.6. The van der Waals surface area contributed by atoms with Crippen molar-refractivity contribution in [1.82, 2.24) is 24.7 Å². The Labute approximate surface area is 217 Å². The Hall–Kier alpha value is -3.32. The van der Waals surface area contributed by atoms with Gasteiger partial charge in [0.05, 0.1) is 31.1 Å². The first kappa shape index (κ1) is 28.3. The van der Waals surface area contributed by atoms with Crippen LogP contribution in [0.2, 0.25) is 0 Å². The molecule has 12 nitrogen and oxygen atoms in total. The molecule has 0 unspecified atom stereocenters. The van der Waals surface area contributed by atoms with Crippen LogP contribution in [0.1, 0.15) is 38.1 Å². The topological polar surface area (TPSA) is 146 Å². The van der Waals surface area contributed by atoms with Gasteiger partial charge in [0.15, 0.2) is 5.03 Å². The van der Waals surface area contributed by atoms with E-state index in [2.05, 4.69) is 15.0 Å². The third-order valence-corrected chi connectivity index (χ3v) is 7.35. The lowest BCUT2D eigenvalue weighted by Crippen LogP contribution is -2.51. The molecule has 2 aromatic rings. The summed E-state index contributed by atoms with van der Waals surface area (Å²) >= 11 is 0. The summed E-state index contributed by atoms with van der Waals surface area (Å²) in [6.45, 7) is 7.67. The number of nitrogens with zero attached hydrogens (tertiary/aromatic N) is 4. The Bertz CT molecular complexity index is 1230. The number of aliphatic hydroxyl groups is 1. The van der Waals surface area contributed by atoms with Crippen molar-refractivity contribution in [3.63, 3.8) is 0 Å². The van der Waals surface area contributed by atoms with Crippen molar-refractivity contribution >= 4 is 27.6 Å². The Kier molecular flexibility index (Phi) is 8.69. The first-order valence-electron chi connectivity index (χ1n) is 12.1. The molecule has 1 aliphatic heterocycles. The lowest BCUT2D eigenvalue weighted by molar-refractivity contribution is 0.0366. The fourth-order valence-electron chi connectivity index (χ4n) is 3.95. The minimum atomic E-state index is -3.98. The fourth-order valence-corrected chi connectivity index (χ4v) is 4.98. The molecule has 13 heteroatoms. The highest BCUT2D eigenvalue weighted by atomic mass is 32.2. The van der Waals surface area contributed by atoms with Crippen molar-refractivity contribution in [3.05, 3.63) is 36.3 Å². The second kappa shape index (κ2) is 11.4. The van der Waals surface area contributed by atoms with Crippen LogP contribution in [0.25, 0.3) is 0 Å². The number of anilines is 1. The highest BCUT2D eigenvalue weighted by Gasteiger charge is 2.34. The van der Waals surface area contributed by atoms with E-state index in [1.54, 1.807) is 25.9 Å². The van der Waals surface area contributed by atoms with Crippen LogP contribution < -0.4 is 14.8 Å². The Morgan fingerprint density at radius 3 is 2.62 bits per heavy atom. The molecule has 0 spiro atoms. The van der Waals surface area contributed by atoms with Gasteiger partial charge in [0.25, 0.3) is 15.9 Å². The van der Waals surface area contributed by atoms with Gasteiger partial charge in [-0.2, -0.15) is 8.42 Å². The lowest BCUT2D eigenvalue weighted by Gasteiger charge is -2.38. The third kappa shape index (κ3) is 6.72. The largest absolute Gasteiger partial charge is 0.487 e. The number of hydrogen-bond acceptors (Lipinski definition) is 7. The van der Waals surface area contributed by atoms with Gasteiger partial charge < -0.3 is 29.5 Å². The number of benzene rings is 1. The molecule has 1 aliphatic rings. The van der Waals surface area contributed by atoms with Gasteiger partial charge in [0.2, 0.25) is 0 Å². The van der Waals surface area contributed by atoms with Crippen LogP contribution >= 0.6 is 0 Å². The number of hydrogen-bond donors (Lipinski definition) is 3. The number of carbonyl (C=O) groups is 2. The second-order valence-corrected chi connectivity index (χ2v) is 11.4. The number of aryl methyl sites for hydroxylation is 1. The number of nitrogens with one attached hydrogen (secondary N) is 2. The number of aromatic nitrogens is 2. The van der Waals surface area contributed by atoms with Gasteiger partial charge in [-0.25, -0.2) is 9.78 Å². The van der Waals surface area contributed by atoms with E-state index in [0.29, 0.717) is 0 Å². The molecule has 3 N–H and O–H groups in total. The van der Waals surface area contributed by atoms with Gasteiger partial charge in [-0.1, -0.05) is 6.92 Å². The molecule has 0 saturated heterocycles. The molecular formula is C24H36N6O6S. The van der Waals surface area contributed by atoms with E-state index in [1.165, 1.54) is 40.2 Å². The number of rotatable bonds is 8. The zero-order valence-corrected chi connectivity index (χ0v) is 22.8. The standard InChI is InChI=1S/C24H36N6O6S/c1-15(2)26-24(33)29(6)11-21-16(3)10-30(17(4)13-31)23(32)19-9-18(7-8-20(19)36-21)27-37(34,35)22-12-28(5)14-25-22/h7-9,12,14-17,21,27,31H,10-11,13H2,1-6H3,(H,26,33)/t16-,17-,21+/m1/s1. The summed E-state index contributed by atoms with van der Waals surface area (Å²) in [5.41, 5.74) is 0.310. The van der Waals surface area contributed by atoms with Gasteiger partial charge in [-0.3, -0.25) is 9.52 Å². The Morgan fingerprint density at radius 1 is 1.32 bits per heavy atom. The van der Waals surface area contributed by atoms with Crippen LogP contribution in [0.5, 0.6) is 5.75 Å². The van der Waals surface area contributed by atoms with Crippen molar-refractivity contribution in [1.29, 1.82) is 0 Å². The van der Waals surface area contributed by atoms with Crippen molar-refractivity contribution in [2.75, 3.05) is 31.5 Å². The number of carbonyl (C=O) groups excluding carboxylic acids is 2. The van der Waals surface area contributed by atoms with Crippen LogP contribution in [0.3, 0.4) is 0 Å². The van der Waals surface area contributed by atoms with E-state index < -0.39 is 28.1 Å². The highest BCUT2D eigenvalue weighted by Crippen LogP contribution is 2.31. The maximum absolute atomic E-state index is 13.6. The van der Waals surface area contributed by atoms with E-state index in [9.17, 15) is 23.1 Å². The molecule has 0 aliphatic carbocycles. The maximum Gasteiger partial charge on any atom is 0.317 e. The van der Waals surface area contributed by atoms with E-state index in [4.69, 9.17) is 4.74 Å². The van der Waals surface area contributed by atoms with Crippen LogP contribution in [0, 0.1) is 5.92 Å². The zero-order valence-electron chi connectivity index (χ0n) is 22.0. The molecule has 0 bridgehead atoms. The van der Waals surface area contributed by atoms with E-state index >= 15 is 0 Å². The normalized spacial score (nSPS) is 18.9. The molecule has 0 fully saturated rings. The molecule has 37 heavy (non-hydrogen) atoms. The summed E-state index contributed by atoms with van der Waals surface area (Å²) in [4.78, 5) is 33.0. The summed E-state index contributed by atoms with van der Waals surface area (Å²) in [6, 6.07) is 3.69. The van der Waals surface area contributed by atoms with Gasteiger partial charge in [0.1, 0.15) is 11.9 Å². The van der Waals surface area contributed by atoms with Crippen molar-refractivity contribution in [2.24, 2.45) is 13.0 Å². The molecule has 3 amide bonds. The monoisotopic (exact) mass is 536 g/mol. The van der Waals surface area contributed by atoms with Crippen molar-refractivity contribution in [3.8, 4) is 5.75 Å². The molecule has 1 aromatic carbocycles. The van der Waals surface area contributed by atoms with E-state index in [0.717, 1.165) is 0 Å². The van der Waals surface area contributed by atoms with Crippen molar-refractivity contribution < 1.29 is 27.9 Å². The maximum atomic E-state index is 13.6. The number of likely N-dealkylation sites (N-methyl/N-ethyl adjacent to an activating group) is 1. The lowest BCUT2D eigenvalue weighted by atomic mass is 9.99. The minimum absolute atomic E-state index is 0.0295. The van der Waals surface area contributed by atoms with Gasteiger partial charge in [-0.15, -0.1) is 0 Å². The molecular weight excluding hydrogens is 500 g/mol. The molecule has 0 radical (unpaired) electrons. The second-order valence-electron chi connectivity index (χ2n) is 9.80. The average Bonchev–Trinajstić information content (AvgIpc) is 3.27. The molecule has 3 atom stereocenters. The summed E-state index contributed by atoms with van der Waals surface area (Å²) in [6.07, 6.45) is 2.27. The van der Waals surface area contributed by atoms with Crippen LogP contribution in [0.4, 0.5) is 10.5 Å². The van der Waals surface area contributed by atoms with Gasteiger partial charge in [-0.05, 0) is 39.0 Å². The van der Waals surface area contributed by atoms with Gasteiger partial charge >= 0.3 is 6.03 Å². The number of urea groups is 1. The first-order chi connectivity index (χ1) is 17.3. The Morgan fingerprint density at radius 2 is 2.03 bits per heavy atom. The number of imidazole rings is 1. The number of aliphatic hydroxyl groups excluding tert-OH is 1. The Balaban J connectivity index is 1.96. The SMILES string of the molecule is CC(C)NC(=O)N(C)C[C@@H]1Oc2ccc(NS(=O)(=O)c3cn(C)cn3)cc2C(=O)N([C@H](C)CO)C[C@H]1C. The molecule has 2 heterocycles. The summed E-state index contributed by atoms with van der Waals surface area (Å²) in [7, 11) is -0.654. The van der Waals surface area contributed by atoms with Crippen LogP contribution in [0.15, 0.2) is 35.7 Å². The molecule has 0 saturated carbocycles. The summed E-state index contributed by atoms with van der Waals surface area (Å²) in [5.74, 6) is -0.315. The zero-order chi connectivity index (χ0) is 27.5. The third-order valence-electron chi connectivity index (χ3n) is 6.09. The van der Waals surface area contributed by atoms with Crippen molar-refractivity contribution in [2.45, 2.75) is 50.9 Å². The van der Waals surface area contributed by atoms with Gasteiger partial charge in [0, 0.05) is 44.5 Å². The molecule has 3 rings (SSSR count). The smallest absolute Gasteiger partial charge is 0.317 e. The van der Waals surface area contributed by atoms with E-state index in [-0.39, 0.29) is 59.7 Å². The number of fused-ring (bicyclic) bond motifs is 1. The fraction of sp³-hybridized carbons (Fsp3) is 0.542. The summed E-state index contributed by atoms with van der Waals surface area (Å²) in [5, 5.41) is 12.5. The predicted octanol–water partition coefficient (Wildman–Crippen LogP) is 1.49. The molecule has 204 valence electrons. The molecule has 1 aromatic heterocycles. The number of ether oxygens (including phenoxy) is 1.